The summed E-state index contributed by atoms with van der Waals surface area (Å²) in [6.07, 6.45) is 4.85. The van der Waals surface area contributed by atoms with E-state index in [1.165, 1.54) is 32.8 Å². The SMILES string of the molecule is [C-]#[N+][C@@H]1C[C@@]2(CN1C(=O)[C@H](CC1CC1)N(C)C(=O)c1cnn(-c3ccc(F)cc3)c1)C(=O)Nc1ccccc12. The number of amides is 3. The van der Waals surface area contributed by atoms with E-state index >= 15 is 0 Å². The Kier molecular flexibility index (Phi) is 5.94. The van der Waals surface area contributed by atoms with Gasteiger partial charge in [-0.05, 0) is 48.2 Å². The molecule has 3 heterocycles. The zero-order valence-electron chi connectivity index (χ0n) is 21.4. The Hall–Kier alpha value is -4.52. The van der Waals surface area contributed by atoms with Crippen molar-refractivity contribution in [3.05, 3.63) is 89.3 Å². The number of benzene rings is 2. The maximum atomic E-state index is 14.1. The van der Waals surface area contributed by atoms with Crippen LogP contribution in [-0.4, -0.2) is 63.1 Å². The van der Waals surface area contributed by atoms with Gasteiger partial charge in [-0.1, -0.05) is 31.0 Å². The number of nitrogens with one attached hydrogen (secondary N) is 1. The first-order valence-corrected chi connectivity index (χ1v) is 13.0. The van der Waals surface area contributed by atoms with Crippen molar-refractivity contribution in [2.75, 3.05) is 18.9 Å². The molecule has 39 heavy (non-hydrogen) atoms. The fraction of sp³-hybridized carbons (Fsp3) is 0.345. The molecule has 0 unspecified atom stereocenters. The molecule has 0 bridgehead atoms. The van der Waals surface area contributed by atoms with Crippen molar-refractivity contribution in [1.29, 1.82) is 0 Å². The van der Waals surface area contributed by atoms with E-state index in [2.05, 4.69) is 15.3 Å². The van der Waals surface area contributed by atoms with Gasteiger partial charge in [-0.2, -0.15) is 5.10 Å². The molecule has 1 saturated heterocycles. The predicted molar refractivity (Wildman–Crippen MR) is 140 cm³/mol. The summed E-state index contributed by atoms with van der Waals surface area (Å²) in [4.78, 5) is 47.4. The summed E-state index contributed by atoms with van der Waals surface area (Å²) in [6.45, 7) is 7.91. The van der Waals surface area contributed by atoms with E-state index in [0.29, 0.717) is 29.3 Å². The van der Waals surface area contributed by atoms with Gasteiger partial charge in [0.2, 0.25) is 5.91 Å². The lowest BCUT2D eigenvalue weighted by Gasteiger charge is -2.31. The maximum absolute atomic E-state index is 14.1. The number of carbonyl (C=O) groups is 3. The van der Waals surface area contributed by atoms with Crippen LogP contribution in [0.1, 0.15) is 41.6 Å². The normalized spacial score (nSPS) is 22.3. The van der Waals surface area contributed by atoms with Crippen LogP contribution < -0.4 is 5.32 Å². The number of nitrogens with zero attached hydrogens (tertiary/aromatic N) is 5. The molecular formula is C29H27FN6O3. The van der Waals surface area contributed by atoms with Crippen molar-refractivity contribution in [1.82, 2.24) is 19.6 Å². The van der Waals surface area contributed by atoms with Crippen LogP contribution >= 0.6 is 0 Å². The first-order chi connectivity index (χ1) is 18.8. The van der Waals surface area contributed by atoms with Gasteiger partial charge in [0.15, 0.2) is 0 Å². The van der Waals surface area contributed by atoms with Crippen molar-refractivity contribution in [3.63, 3.8) is 0 Å². The zero-order valence-corrected chi connectivity index (χ0v) is 21.4. The number of para-hydroxylation sites is 1. The summed E-state index contributed by atoms with van der Waals surface area (Å²) < 4.78 is 14.8. The van der Waals surface area contributed by atoms with Gasteiger partial charge in [0, 0.05) is 25.5 Å². The summed E-state index contributed by atoms with van der Waals surface area (Å²) in [5, 5.41) is 7.16. The summed E-state index contributed by atoms with van der Waals surface area (Å²) in [7, 11) is 1.60. The Labute approximate surface area is 225 Å². The van der Waals surface area contributed by atoms with E-state index in [1.54, 1.807) is 25.4 Å². The molecule has 10 heteroatoms. The summed E-state index contributed by atoms with van der Waals surface area (Å²) in [5.41, 5.74) is 1.42. The average Bonchev–Trinajstić information content (AvgIpc) is 3.37. The molecule has 198 valence electrons. The molecule has 2 fully saturated rings. The second-order valence-corrected chi connectivity index (χ2v) is 10.6. The molecule has 9 nitrogen and oxygen atoms in total. The number of hydrogen-bond acceptors (Lipinski definition) is 4. The number of rotatable bonds is 6. The largest absolute Gasteiger partial charge is 0.330 e. The highest BCUT2D eigenvalue weighted by atomic mass is 19.1. The van der Waals surface area contributed by atoms with Crippen LogP contribution in [-0.2, 0) is 15.0 Å². The highest BCUT2D eigenvalue weighted by molar-refractivity contribution is 6.07. The van der Waals surface area contributed by atoms with E-state index in [9.17, 15) is 18.8 Å². The second kappa shape index (κ2) is 9.34. The van der Waals surface area contributed by atoms with Crippen molar-refractivity contribution >= 4 is 23.4 Å². The number of anilines is 1. The van der Waals surface area contributed by atoms with Gasteiger partial charge in [-0.25, -0.2) is 15.6 Å². The number of carbonyl (C=O) groups excluding carboxylic acids is 3. The monoisotopic (exact) mass is 526 g/mol. The van der Waals surface area contributed by atoms with E-state index in [1.807, 2.05) is 24.3 Å². The number of likely N-dealkylation sites (N-methyl/N-ethyl adjacent to an activating group) is 1. The van der Waals surface area contributed by atoms with E-state index in [0.717, 1.165) is 18.4 Å². The van der Waals surface area contributed by atoms with Crippen LogP contribution in [0.25, 0.3) is 10.5 Å². The van der Waals surface area contributed by atoms with Gasteiger partial charge in [-0.3, -0.25) is 24.1 Å². The Morgan fingerprint density at radius 2 is 1.97 bits per heavy atom. The molecule has 3 amide bonds. The molecule has 1 spiro atoms. The van der Waals surface area contributed by atoms with Crippen LogP contribution in [0.2, 0.25) is 0 Å². The lowest BCUT2D eigenvalue weighted by Crippen LogP contribution is -2.51. The van der Waals surface area contributed by atoms with Crippen molar-refractivity contribution in [2.45, 2.75) is 43.3 Å². The van der Waals surface area contributed by atoms with E-state index in [4.69, 9.17) is 6.57 Å². The van der Waals surface area contributed by atoms with Gasteiger partial charge < -0.3 is 10.2 Å². The zero-order chi connectivity index (χ0) is 27.3. The third-order valence-corrected chi connectivity index (χ3v) is 8.14. The molecule has 3 aliphatic rings. The average molecular weight is 527 g/mol. The summed E-state index contributed by atoms with van der Waals surface area (Å²) >= 11 is 0. The topological polar surface area (TPSA) is 91.9 Å². The predicted octanol–water partition coefficient (Wildman–Crippen LogP) is 3.62. The quantitative estimate of drug-likeness (QED) is 0.497. The van der Waals surface area contributed by atoms with Crippen LogP contribution in [0.15, 0.2) is 60.9 Å². The number of aromatic nitrogens is 2. The lowest BCUT2D eigenvalue weighted by molar-refractivity contribution is -0.136. The minimum Gasteiger partial charge on any atom is -0.330 e. The van der Waals surface area contributed by atoms with Gasteiger partial charge >= 0.3 is 6.17 Å². The Morgan fingerprint density at radius 1 is 1.23 bits per heavy atom. The van der Waals surface area contributed by atoms with E-state index in [-0.39, 0.29) is 36.5 Å². The number of likely N-dealkylation sites (tertiary alicyclic amines) is 1. The first-order valence-electron chi connectivity index (χ1n) is 13.0. The van der Waals surface area contributed by atoms with Crippen LogP contribution in [0.3, 0.4) is 0 Å². The molecule has 0 radical (unpaired) electrons. The first kappa shape index (κ1) is 24.8. The standard InChI is InChI=1S/C29H27FN6O3/c1-31-25-14-29(22-5-3-4-6-23(22)33-28(29)39)17-35(25)27(38)24(13-18-7-8-18)34(2)26(37)19-15-32-36(16-19)21-11-9-20(30)10-12-21/h3-6,9-12,15-16,18,24-25H,7-8,13-14,17H2,2H3,(H,33,39)/t24-,25-,29-/m0/s1. The van der Waals surface area contributed by atoms with Crippen molar-refractivity contribution < 1.29 is 18.8 Å². The molecule has 1 aliphatic carbocycles. The molecular weight excluding hydrogens is 499 g/mol. The van der Waals surface area contributed by atoms with Gasteiger partial charge in [-0.15, -0.1) is 0 Å². The van der Waals surface area contributed by atoms with Crippen molar-refractivity contribution in [3.8, 4) is 5.69 Å². The fourth-order valence-electron chi connectivity index (χ4n) is 5.75. The Morgan fingerprint density at radius 3 is 2.69 bits per heavy atom. The molecule has 3 aromatic rings. The highest BCUT2D eigenvalue weighted by Gasteiger charge is 2.59. The van der Waals surface area contributed by atoms with Crippen LogP contribution in [0, 0.1) is 18.3 Å². The number of fused-ring (bicyclic) bond motifs is 2. The third-order valence-electron chi connectivity index (χ3n) is 8.14. The molecule has 1 saturated carbocycles. The number of halogens is 1. The van der Waals surface area contributed by atoms with Crippen LogP contribution in [0.4, 0.5) is 10.1 Å². The molecule has 6 rings (SSSR count). The Bertz CT molecular complexity index is 1510. The van der Waals surface area contributed by atoms with Gasteiger partial charge in [0.05, 0.1) is 23.9 Å². The minimum atomic E-state index is -0.982. The molecule has 1 N–H and O–H groups in total. The summed E-state index contributed by atoms with van der Waals surface area (Å²) in [6, 6.07) is 12.4. The maximum Gasteiger partial charge on any atom is 0.302 e. The van der Waals surface area contributed by atoms with Crippen molar-refractivity contribution in [2.24, 2.45) is 5.92 Å². The van der Waals surface area contributed by atoms with Gasteiger partial charge in [0.25, 0.3) is 11.8 Å². The number of hydrogen-bond donors (Lipinski definition) is 1. The smallest absolute Gasteiger partial charge is 0.302 e. The fourth-order valence-corrected chi connectivity index (χ4v) is 5.75. The molecule has 3 atom stereocenters. The molecule has 2 aliphatic heterocycles. The molecule has 1 aromatic heterocycles. The van der Waals surface area contributed by atoms with Gasteiger partial charge in [0.1, 0.15) is 17.3 Å². The third kappa shape index (κ3) is 4.24. The van der Waals surface area contributed by atoms with E-state index < -0.39 is 17.6 Å². The van der Waals surface area contributed by atoms with Crippen LogP contribution in [0.5, 0.6) is 0 Å². The minimum absolute atomic E-state index is 0.0907. The Balaban J connectivity index is 1.26. The lowest BCUT2D eigenvalue weighted by atomic mass is 9.80. The summed E-state index contributed by atoms with van der Waals surface area (Å²) in [5.74, 6) is -0.944. The highest BCUT2D eigenvalue weighted by Crippen LogP contribution is 2.47. The molecule has 2 aromatic carbocycles. The second-order valence-electron chi connectivity index (χ2n) is 10.6.